The van der Waals surface area contributed by atoms with Gasteiger partial charge in [-0.1, -0.05) is 47.5 Å². The predicted octanol–water partition coefficient (Wildman–Crippen LogP) is 4.30. The van der Waals surface area contributed by atoms with Gasteiger partial charge in [0.1, 0.15) is 12.4 Å². The summed E-state index contributed by atoms with van der Waals surface area (Å²) in [6.07, 6.45) is 0. The Balaban J connectivity index is 1.68. The molecular weight excluding hydrogens is 412 g/mol. The van der Waals surface area contributed by atoms with Crippen molar-refractivity contribution < 1.29 is 17.9 Å². The average molecular weight is 439 g/mol. The van der Waals surface area contributed by atoms with Crippen LogP contribution in [0.2, 0.25) is 0 Å². The molecule has 1 atom stereocenters. The Labute approximate surface area is 183 Å². The molecule has 3 aromatic rings. The van der Waals surface area contributed by atoms with E-state index in [1.54, 1.807) is 36.4 Å². The van der Waals surface area contributed by atoms with E-state index in [9.17, 15) is 13.2 Å². The van der Waals surface area contributed by atoms with Crippen molar-refractivity contribution in [3.05, 3.63) is 89.5 Å². The summed E-state index contributed by atoms with van der Waals surface area (Å²) in [7, 11) is -3.82. The molecule has 0 fully saturated rings. The summed E-state index contributed by atoms with van der Waals surface area (Å²) in [6.45, 7) is 5.99. The largest absolute Gasteiger partial charge is 0.491 e. The lowest BCUT2D eigenvalue weighted by Gasteiger charge is -2.17. The third kappa shape index (κ3) is 6.08. The Morgan fingerprint density at radius 3 is 2.13 bits per heavy atom. The molecule has 0 spiro atoms. The number of hydrogen-bond acceptors (Lipinski definition) is 4. The molecular formula is C24H26N2O4S. The van der Waals surface area contributed by atoms with Crippen molar-refractivity contribution in [1.29, 1.82) is 0 Å². The minimum Gasteiger partial charge on any atom is -0.491 e. The van der Waals surface area contributed by atoms with E-state index in [1.165, 1.54) is 12.1 Å². The van der Waals surface area contributed by atoms with Gasteiger partial charge in [0.15, 0.2) is 0 Å². The summed E-state index contributed by atoms with van der Waals surface area (Å²) >= 11 is 0. The minimum atomic E-state index is -3.82. The van der Waals surface area contributed by atoms with E-state index >= 15 is 0 Å². The summed E-state index contributed by atoms with van der Waals surface area (Å²) in [5, 5.41) is 2.85. The molecule has 7 heteroatoms. The van der Waals surface area contributed by atoms with Gasteiger partial charge >= 0.3 is 0 Å². The van der Waals surface area contributed by atoms with Crippen LogP contribution in [-0.4, -0.2) is 27.0 Å². The van der Waals surface area contributed by atoms with Gasteiger partial charge in [0, 0.05) is 0 Å². The first kappa shape index (κ1) is 22.4. The monoisotopic (exact) mass is 438 g/mol. The number of para-hydroxylation sites is 1. The number of anilines is 1. The third-order valence-electron chi connectivity index (χ3n) is 4.65. The first-order valence-electron chi connectivity index (χ1n) is 9.93. The second-order valence-electron chi connectivity index (χ2n) is 7.46. The van der Waals surface area contributed by atoms with E-state index in [4.69, 9.17) is 4.74 Å². The maximum atomic E-state index is 12.8. The van der Waals surface area contributed by atoms with Gasteiger partial charge < -0.3 is 10.1 Å². The molecule has 6 nitrogen and oxygen atoms in total. The third-order valence-corrected chi connectivity index (χ3v) is 6.03. The average Bonchev–Trinajstić information content (AvgIpc) is 2.73. The fourth-order valence-corrected chi connectivity index (χ4v) is 3.97. The van der Waals surface area contributed by atoms with E-state index < -0.39 is 10.0 Å². The van der Waals surface area contributed by atoms with E-state index in [0.717, 1.165) is 16.9 Å². The van der Waals surface area contributed by atoms with Crippen LogP contribution in [0.4, 0.5) is 5.69 Å². The highest BCUT2D eigenvalue weighted by atomic mass is 32.2. The van der Waals surface area contributed by atoms with Crippen LogP contribution in [0.1, 0.15) is 28.4 Å². The fraction of sp³-hybridized carbons (Fsp3) is 0.208. The van der Waals surface area contributed by atoms with Crippen LogP contribution in [0, 0.1) is 13.8 Å². The van der Waals surface area contributed by atoms with Crippen molar-refractivity contribution in [2.45, 2.75) is 31.7 Å². The molecule has 162 valence electrons. The normalized spacial score (nSPS) is 12.1. The van der Waals surface area contributed by atoms with Crippen LogP contribution < -0.4 is 14.8 Å². The van der Waals surface area contributed by atoms with E-state index in [1.807, 2.05) is 45.0 Å². The van der Waals surface area contributed by atoms with Gasteiger partial charge in [-0.25, -0.2) is 8.42 Å². The van der Waals surface area contributed by atoms with Gasteiger partial charge in [0.2, 0.25) is 0 Å². The Morgan fingerprint density at radius 2 is 1.48 bits per heavy atom. The lowest BCUT2D eigenvalue weighted by atomic mass is 10.1. The fourth-order valence-electron chi connectivity index (χ4n) is 2.89. The summed E-state index contributed by atoms with van der Waals surface area (Å²) < 4.78 is 33.7. The van der Waals surface area contributed by atoms with Crippen molar-refractivity contribution in [2.24, 2.45) is 0 Å². The second kappa shape index (κ2) is 9.66. The molecule has 0 aliphatic carbocycles. The van der Waals surface area contributed by atoms with Crippen LogP contribution in [0.3, 0.4) is 0 Å². The van der Waals surface area contributed by atoms with Gasteiger partial charge in [-0.3, -0.25) is 9.52 Å². The van der Waals surface area contributed by atoms with Crippen LogP contribution in [0.15, 0.2) is 77.7 Å². The summed E-state index contributed by atoms with van der Waals surface area (Å²) in [6, 6.07) is 20.4. The van der Waals surface area contributed by atoms with E-state index in [2.05, 4.69) is 10.0 Å². The predicted molar refractivity (Wildman–Crippen MR) is 122 cm³/mol. The highest BCUT2D eigenvalue weighted by Gasteiger charge is 2.19. The standard InChI is InChI=1S/C24H26N2O4S/c1-17-8-12-20(13-9-17)30-16-19(3)25-24(27)22-6-4-5-7-23(22)26-31(28,29)21-14-10-18(2)11-15-21/h4-15,19,26H,16H2,1-3H3,(H,25,27). The van der Waals surface area contributed by atoms with Crippen molar-refractivity contribution in [3.63, 3.8) is 0 Å². The molecule has 0 aliphatic heterocycles. The Morgan fingerprint density at radius 1 is 0.903 bits per heavy atom. The molecule has 0 bridgehead atoms. The quantitative estimate of drug-likeness (QED) is 0.549. The van der Waals surface area contributed by atoms with Crippen LogP contribution in [0.5, 0.6) is 5.75 Å². The topological polar surface area (TPSA) is 84.5 Å². The Kier molecular flexibility index (Phi) is 6.97. The van der Waals surface area contributed by atoms with Crippen molar-refractivity contribution in [1.82, 2.24) is 5.32 Å². The van der Waals surface area contributed by atoms with Gasteiger partial charge in [0.25, 0.3) is 15.9 Å². The minimum absolute atomic E-state index is 0.133. The molecule has 0 saturated heterocycles. The number of aryl methyl sites for hydroxylation is 2. The number of amides is 1. The van der Waals surface area contributed by atoms with Crippen molar-refractivity contribution in [2.75, 3.05) is 11.3 Å². The number of benzene rings is 3. The maximum Gasteiger partial charge on any atom is 0.261 e. The number of nitrogens with one attached hydrogen (secondary N) is 2. The lowest BCUT2D eigenvalue weighted by molar-refractivity contribution is 0.0927. The number of hydrogen-bond donors (Lipinski definition) is 2. The second-order valence-corrected chi connectivity index (χ2v) is 9.15. The molecule has 0 aliphatic rings. The molecule has 3 aromatic carbocycles. The number of carbonyl (C=O) groups is 1. The van der Waals surface area contributed by atoms with Gasteiger partial charge in [-0.2, -0.15) is 0 Å². The summed E-state index contributed by atoms with van der Waals surface area (Å²) in [5.74, 6) is 0.333. The molecule has 31 heavy (non-hydrogen) atoms. The molecule has 0 radical (unpaired) electrons. The zero-order valence-electron chi connectivity index (χ0n) is 17.8. The highest BCUT2D eigenvalue weighted by molar-refractivity contribution is 7.92. The molecule has 1 amide bonds. The molecule has 0 heterocycles. The zero-order chi connectivity index (χ0) is 22.4. The SMILES string of the molecule is Cc1ccc(OCC(C)NC(=O)c2ccccc2NS(=O)(=O)c2ccc(C)cc2)cc1. The van der Waals surface area contributed by atoms with Crippen LogP contribution in [0.25, 0.3) is 0 Å². The van der Waals surface area contributed by atoms with Gasteiger partial charge in [0.05, 0.1) is 22.2 Å². The van der Waals surface area contributed by atoms with Gasteiger partial charge in [-0.05, 0) is 57.2 Å². The zero-order valence-corrected chi connectivity index (χ0v) is 18.6. The highest BCUT2D eigenvalue weighted by Crippen LogP contribution is 2.21. The molecule has 1 unspecified atom stereocenters. The Bertz CT molecular complexity index is 1140. The molecule has 0 aromatic heterocycles. The van der Waals surface area contributed by atoms with Crippen molar-refractivity contribution >= 4 is 21.6 Å². The van der Waals surface area contributed by atoms with E-state index in [-0.39, 0.29) is 34.7 Å². The molecule has 2 N–H and O–H groups in total. The number of ether oxygens (including phenoxy) is 1. The number of carbonyl (C=O) groups excluding carboxylic acids is 1. The number of sulfonamides is 1. The molecule has 0 saturated carbocycles. The summed E-state index contributed by atoms with van der Waals surface area (Å²) in [4.78, 5) is 12.9. The number of rotatable bonds is 8. The maximum absolute atomic E-state index is 12.8. The van der Waals surface area contributed by atoms with Crippen LogP contribution >= 0.6 is 0 Å². The van der Waals surface area contributed by atoms with Crippen molar-refractivity contribution in [3.8, 4) is 5.75 Å². The van der Waals surface area contributed by atoms with Crippen LogP contribution in [-0.2, 0) is 10.0 Å². The first-order chi connectivity index (χ1) is 14.7. The lowest BCUT2D eigenvalue weighted by Crippen LogP contribution is -2.37. The van der Waals surface area contributed by atoms with E-state index in [0.29, 0.717) is 0 Å². The molecule has 3 rings (SSSR count). The van der Waals surface area contributed by atoms with Gasteiger partial charge in [-0.15, -0.1) is 0 Å². The smallest absolute Gasteiger partial charge is 0.261 e. The first-order valence-corrected chi connectivity index (χ1v) is 11.4. The summed E-state index contributed by atoms with van der Waals surface area (Å²) in [5.41, 5.74) is 2.55. The Hall–Kier alpha value is -3.32.